The maximum absolute atomic E-state index is 12.5. The van der Waals surface area contributed by atoms with Crippen LogP contribution in [-0.4, -0.2) is 64.3 Å². The Morgan fingerprint density at radius 2 is 2.15 bits per heavy atom. The highest BCUT2D eigenvalue weighted by atomic mass is 16.4. The molecule has 1 saturated carbocycles. The van der Waals surface area contributed by atoms with Crippen LogP contribution < -0.4 is 0 Å². The number of carbonyl (C=O) groups excluding carboxylic acids is 1. The van der Waals surface area contributed by atoms with Gasteiger partial charge < -0.3 is 20.0 Å². The molecule has 20 heavy (non-hydrogen) atoms. The first-order valence-electron chi connectivity index (χ1n) is 7.10. The van der Waals surface area contributed by atoms with Crippen LogP contribution in [0.15, 0.2) is 12.7 Å². The Morgan fingerprint density at radius 1 is 1.40 bits per heavy atom. The Kier molecular flexibility index (Phi) is 4.65. The van der Waals surface area contributed by atoms with E-state index in [1.54, 1.807) is 6.08 Å². The van der Waals surface area contributed by atoms with Gasteiger partial charge in [-0.05, 0) is 24.7 Å². The lowest BCUT2D eigenvalue weighted by atomic mass is 9.94. The molecule has 0 spiro atoms. The van der Waals surface area contributed by atoms with E-state index in [9.17, 15) is 14.7 Å². The van der Waals surface area contributed by atoms with Crippen LogP contribution in [0.2, 0.25) is 0 Å². The lowest BCUT2D eigenvalue weighted by Crippen LogP contribution is -2.50. The van der Waals surface area contributed by atoms with E-state index < -0.39 is 12.0 Å². The maximum atomic E-state index is 12.5. The molecule has 2 rings (SSSR count). The van der Waals surface area contributed by atoms with Gasteiger partial charge in [0.1, 0.15) is 6.04 Å². The SMILES string of the molecule is C=CCN(CCO)C(=O)N1CC2CCCC2C1C(=O)O. The van der Waals surface area contributed by atoms with E-state index >= 15 is 0 Å². The second-order valence-corrected chi connectivity index (χ2v) is 5.53. The van der Waals surface area contributed by atoms with Crippen molar-refractivity contribution >= 4 is 12.0 Å². The highest BCUT2D eigenvalue weighted by molar-refractivity contribution is 5.84. The molecule has 3 atom stereocenters. The number of likely N-dealkylation sites (tertiary alicyclic amines) is 1. The largest absolute Gasteiger partial charge is 0.480 e. The van der Waals surface area contributed by atoms with E-state index in [0.29, 0.717) is 19.0 Å². The van der Waals surface area contributed by atoms with Gasteiger partial charge in [-0.3, -0.25) is 0 Å². The molecule has 1 aliphatic carbocycles. The van der Waals surface area contributed by atoms with Crippen LogP contribution in [0, 0.1) is 11.8 Å². The zero-order valence-corrected chi connectivity index (χ0v) is 11.6. The summed E-state index contributed by atoms with van der Waals surface area (Å²) in [6.45, 7) is 4.48. The van der Waals surface area contributed by atoms with Gasteiger partial charge in [0, 0.05) is 19.6 Å². The number of hydrogen-bond donors (Lipinski definition) is 2. The summed E-state index contributed by atoms with van der Waals surface area (Å²) in [5, 5.41) is 18.5. The van der Waals surface area contributed by atoms with Gasteiger partial charge in [0.15, 0.2) is 0 Å². The molecule has 6 nitrogen and oxygen atoms in total. The Bertz CT molecular complexity index is 399. The molecule has 2 amide bonds. The van der Waals surface area contributed by atoms with Crippen LogP contribution in [0.4, 0.5) is 4.79 Å². The Hall–Kier alpha value is -1.56. The summed E-state index contributed by atoms with van der Waals surface area (Å²) in [6.07, 6.45) is 4.51. The highest BCUT2D eigenvalue weighted by Gasteiger charge is 2.50. The zero-order valence-electron chi connectivity index (χ0n) is 11.6. The number of amides is 2. The molecule has 3 unspecified atom stereocenters. The molecule has 1 aliphatic heterocycles. The van der Waals surface area contributed by atoms with Gasteiger partial charge in [0.25, 0.3) is 0 Å². The van der Waals surface area contributed by atoms with Gasteiger partial charge in [-0.1, -0.05) is 12.5 Å². The fraction of sp³-hybridized carbons (Fsp3) is 0.714. The summed E-state index contributed by atoms with van der Waals surface area (Å²) >= 11 is 0. The van der Waals surface area contributed by atoms with E-state index in [1.807, 2.05) is 0 Å². The van der Waals surface area contributed by atoms with E-state index in [-0.39, 0.29) is 25.1 Å². The van der Waals surface area contributed by atoms with Gasteiger partial charge in [-0.25, -0.2) is 9.59 Å². The molecule has 0 radical (unpaired) electrons. The average molecular weight is 282 g/mol. The number of carbonyl (C=O) groups is 2. The lowest BCUT2D eigenvalue weighted by molar-refractivity contribution is -0.142. The smallest absolute Gasteiger partial charge is 0.326 e. The summed E-state index contributed by atoms with van der Waals surface area (Å²) < 4.78 is 0. The van der Waals surface area contributed by atoms with Gasteiger partial charge >= 0.3 is 12.0 Å². The second kappa shape index (κ2) is 6.26. The van der Waals surface area contributed by atoms with E-state index in [0.717, 1.165) is 19.3 Å². The molecule has 0 aromatic rings. The van der Waals surface area contributed by atoms with E-state index in [1.165, 1.54) is 9.80 Å². The number of fused-ring (bicyclic) bond motifs is 1. The monoisotopic (exact) mass is 282 g/mol. The molecule has 0 aromatic heterocycles. The number of hydrogen-bond acceptors (Lipinski definition) is 3. The van der Waals surface area contributed by atoms with Crippen molar-refractivity contribution in [3.05, 3.63) is 12.7 Å². The third-order valence-corrected chi connectivity index (χ3v) is 4.38. The molecule has 0 bridgehead atoms. The maximum Gasteiger partial charge on any atom is 0.326 e. The number of rotatable bonds is 5. The first kappa shape index (κ1) is 14.8. The molecule has 112 valence electrons. The quantitative estimate of drug-likeness (QED) is 0.730. The zero-order chi connectivity index (χ0) is 14.7. The number of carboxylic acids is 1. The van der Waals surface area contributed by atoms with Crippen molar-refractivity contribution < 1.29 is 19.8 Å². The lowest BCUT2D eigenvalue weighted by Gasteiger charge is -2.30. The predicted octanol–water partition coefficient (Wildman–Crippen LogP) is 0.772. The number of nitrogens with zero attached hydrogens (tertiary/aromatic N) is 2. The van der Waals surface area contributed by atoms with Gasteiger partial charge in [-0.15, -0.1) is 6.58 Å². The molecule has 1 heterocycles. The van der Waals surface area contributed by atoms with Crippen LogP contribution >= 0.6 is 0 Å². The number of aliphatic hydroxyl groups excluding tert-OH is 1. The van der Waals surface area contributed by atoms with Crippen LogP contribution in [0.25, 0.3) is 0 Å². The summed E-state index contributed by atoms with van der Waals surface area (Å²) in [7, 11) is 0. The van der Waals surface area contributed by atoms with Crippen molar-refractivity contribution in [3.8, 4) is 0 Å². The standard InChI is InChI=1S/C14H22N2O4/c1-2-6-15(7-8-17)14(20)16-9-10-4-3-5-11(10)12(16)13(18)19/h2,10-12,17H,1,3-9H2,(H,18,19). The minimum atomic E-state index is -0.921. The molecule has 2 fully saturated rings. The van der Waals surface area contributed by atoms with Crippen LogP contribution in [-0.2, 0) is 4.79 Å². The van der Waals surface area contributed by atoms with Gasteiger partial charge in [-0.2, -0.15) is 0 Å². The Morgan fingerprint density at radius 3 is 2.75 bits per heavy atom. The van der Waals surface area contributed by atoms with E-state index in [2.05, 4.69) is 6.58 Å². The third-order valence-electron chi connectivity index (χ3n) is 4.38. The van der Waals surface area contributed by atoms with E-state index in [4.69, 9.17) is 5.11 Å². The third kappa shape index (κ3) is 2.65. The number of aliphatic hydroxyl groups is 1. The van der Waals surface area contributed by atoms with Crippen LogP contribution in [0.5, 0.6) is 0 Å². The van der Waals surface area contributed by atoms with Gasteiger partial charge in [0.05, 0.1) is 6.61 Å². The molecule has 0 aromatic carbocycles. The normalized spacial score (nSPS) is 28.2. The van der Waals surface area contributed by atoms with Crippen molar-refractivity contribution in [2.75, 3.05) is 26.2 Å². The van der Waals surface area contributed by atoms with Gasteiger partial charge in [0.2, 0.25) is 0 Å². The average Bonchev–Trinajstić information content (AvgIpc) is 2.96. The summed E-state index contributed by atoms with van der Waals surface area (Å²) in [5.41, 5.74) is 0. The van der Waals surface area contributed by atoms with Crippen molar-refractivity contribution in [2.24, 2.45) is 11.8 Å². The fourth-order valence-electron chi connectivity index (χ4n) is 3.54. The molecular weight excluding hydrogens is 260 g/mol. The first-order valence-corrected chi connectivity index (χ1v) is 7.10. The van der Waals surface area contributed by atoms with Crippen LogP contribution in [0.1, 0.15) is 19.3 Å². The summed E-state index contributed by atoms with van der Waals surface area (Å²) in [5.74, 6) is -0.536. The van der Waals surface area contributed by atoms with Crippen molar-refractivity contribution in [1.82, 2.24) is 9.80 Å². The predicted molar refractivity (Wildman–Crippen MR) is 73.2 cm³/mol. The Labute approximate surface area is 118 Å². The van der Waals surface area contributed by atoms with Crippen LogP contribution in [0.3, 0.4) is 0 Å². The van der Waals surface area contributed by atoms with Crippen molar-refractivity contribution in [1.29, 1.82) is 0 Å². The fourth-order valence-corrected chi connectivity index (χ4v) is 3.54. The number of aliphatic carboxylic acids is 1. The minimum Gasteiger partial charge on any atom is -0.480 e. The minimum absolute atomic E-state index is 0.0798. The second-order valence-electron chi connectivity index (χ2n) is 5.53. The molecule has 2 aliphatic rings. The number of urea groups is 1. The number of carboxylic acid groups (broad SMARTS) is 1. The Balaban J connectivity index is 2.15. The molecular formula is C14H22N2O4. The van der Waals surface area contributed by atoms with Crippen molar-refractivity contribution in [2.45, 2.75) is 25.3 Å². The topological polar surface area (TPSA) is 81.1 Å². The molecule has 6 heteroatoms. The summed E-state index contributed by atoms with van der Waals surface area (Å²) in [4.78, 5) is 26.9. The molecule has 2 N–H and O–H groups in total. The van der Waals surface area contributed by atoms with Crippen molar-refractivity contribution in [3.63, 3.8) is 0 Å². The first-order chi connectivity index (χ1) is 9.60. The summed E-state index contributed by atoms with van der Waals surface area (Å²) in [6, 6.07) is -1.03. The molecule has 1 saturated heterocycles. The highest BCUT2D eigenvalue weighted by Crippen LogP contribution is 2.42.